The molecular formula is C30H28N4+2. The van der Waals surface area contributed by atoms with Gasteiger partial charge in [-0.1, -0.05) is 72.8 Å². The van der Waals surface area contributed by atoms with Gasteiger partial charge >= 0.3 is 0 Å². The minimum atomic E-state index is 0.822. The summed E-state index contributed by atoms with van der Waals surface area (Å²) in [6, 6.07) is 26.7. The largest absolute Gasteiger partial charge is 0.243 e. The molecule has 0 atom stereocenters. The summed E-state index contributed by atoms with van der Waals surface area (Å²) in [6.45, 7) is 1.64. The molecule has 6 aromatic rings. The van der Waals surface area contributed by atoms with E-state index in [1.54, 1.807) is 0 Å². The molecule has 0 N–H and O–H groups in total. The summed E-state index contributed by atoms with van der Waals surface area (Å²) < 4.78 is 8.70. The van der Waals surface area contributed by atoms with E-state index < -0.39 is 0 Å². The molecule has 0 saturated carbocycles. The lowest BCUT2D eigenvalue weighted by Gasteiger charge is -2.18. The van der Waals surface area contributed by atoms with Gasteiger partial charge in [-0.2, -0.15) is 0 Å². The average molecular weight is 445 g/mol. The molecule has 0 fully saturated rings. The Hall–Kier alpha value is -4.18. The van der Waals surface area contributed by atoms with E-state index in [9.17, 15) is 0 Å². The van der Waals surface area contributed by atoms with E-state index in [-0.39, 0.29) is 0 Å². The molecule has 166 valence electrons. The number of benzene rings is 4. The molecule has 0 aliphatic heterocycles. The van der Waals surface area contributed by atoms with E-state index in [0.29, 0.717) is 0 Å². The SMILES string of the molecule is C[n+]1ccn(Cc2ccc3ccccc3c2-c2c(Cn3cc[n+](C)c3)ccc3ccccc23)c1. The Balaban J connectivity index is 1.65. The number of rotatable bonds is 5. The lowest BCUT2D eigenvalue weighted by molar-refractivity contribution is -0.671. The Labute approximate surface area is 199 Å². The zero-order chi connectivity index (χ0) is 23.1. The summed E-state index contributed by atoms with van der Waals surface area (Å²) >= 11 is 0. The van der Waals surface area contributed by atoms with E-state index in [1.807, 2.05) is 0 Å². The summed E-state index contributed by atoms with van der Waals surface area (Å²) in [6.07, 6.45) is 12.8. The first-order chi connectivity index (χ1) is 16.7. The van der Waals surface area contributed by atoms with E-state index in [2.05, 4.69) is 143 Å². The Morgan fingerprint density at radius 1 is 0.559 bits per heavy atom. The average Bonchev–Trinajstić information content (AvgIpc) is 3.46. The number of aryl methyl sites for hydroxylation is 2. The third-order valence-electron chi connectivity index (χ3n) is 6.63. The maximum atomic E-state index is 2.30. The molecule has 0 bridgehead atoms. The molecule has 0 amide bonds. The van der Waals surface area contributed by atoms with Crippen LogP contribution in [0.25, 0.3) is 32.7 Å². The van der Waals surface area contributed by atoms with Crippen molar-refractivity contribution in [2.75, 3.05) is 0 Å². The minimum absolute atomic E-state index is 0.822. The van der Waals surface area contributed by atoms with Crippen LogP contribution in [0.3, 0.4) is 0 Å². The van der Waals surface area contributed by atoms with Crippen molar-refractivity contribution in [3.05, 3.63) is 121 Å². The molecule has 0 saturated heterocycles. The van der Waals surface area contributed by atoms with Crippen molar-refractivity contribution in [3.8, 4) is 11.1 Å². The molecule has 34 heavy (non-hydrogen) atoms. The zero-order valence-corrected chi connectivity index (χ0v) is 19.6. The smallest absolute Gasteiger partial charge is 0.240 e. The van der Waals surface area contributed by atoms with Gasteiger partial charge in [0.1, 0.15) is 37.9 Å². The molecule has 0 aliphatic carbocycles. The van der Waals surface area contributed by atoms with E-state index in [1.165, 1.54) is 43.8 Å². The molecule has 4 heteroatoms. The van der Waals surface area contributed by atoms with Crippen LogP contribution in [-0.2, 0) is 27.2 Å². The second-order valence-electron chi connectivity index (χ2n) is 9.14. The van der Waals surface area contributed by atoms with Gasteiger partial charge in [-0.25, -0.2) is 18.3 Å². The molecule has 4 nitrogen and oxygen atoms in total. The van der Waals surface area contributed by atoms with Gasteiger partial charge in [0.2, 0.25) is 12.7 Å². The minimum Gasteiger partial charge on any atom is -0.240 e. The molecule has 6 rings (SSSR count). The number of hydrogen-bond donors (Lipinski definition) is 0. The van der Waals surface area contributed by atoms with Gasteiger partial charge in [0.05, 0.1) is 14.1 Å². The van der Waals surface area contributed by atoms with Crippen LogP contribution in [0.4, 0.5) is 0 Å². The number of imidazole rings is 2. The van der Waals surface area contributed by atoms with Crippen molar-refractivity contribution in [3.63, 3.8) is 0 Å². The fourth-order valence-corrected chi connectivity index (χ4v) is 5.07. The predicted molar refractivity (Wildman–Crippen MR) is 136 cm³/mol. The fourth-order valence-electron chi connectivity index (χ4n) is 5.07. The first kappa shape index (κ1) is 20.4. The van der Waals surface area contributed by atoms with Gasteiger partial charge in [-0.3, -0.25) is 0 Å². The molecule has 0 unspecified atom stereocenters. The number of aromatic nitrogens is 4. The van der Waals surface area contributed by atoms with Crippen LogP contribution in [0, 0.1) is 0 Å². The summed E-state index contributed by atoms with van der Waals surface area (Å²) in [4.78, 5) is 0. The van der Waals surface area contributed by atoms with Gasteiger partial charge < -0.3 is 0 Å². The van der Waals surface area contributed by atoms with Crippen LogP contribution in [0.1, 0.15) is 11.1 Å². The van der Waals surface area contributed by atoms with Gasteiger partial charge in [0, 0.05) is 11.1 Å². The third-order valence-corrected chi connectivity index (χ3v) is 6.63. The maximum absolute atomic E-state index is 2.30. The highest BCUT2D eigenvalue weighted by Gasteiger charge is 2.19. The van der Waals surface area contributed by atoms with Gasteiger partial charge in [-0.05, 0) is 32.7 Å². The first-order valence-corrected chi connectivity index (χ1v) is 11.7. The van der Waals surface area contributed by atoms with Crippen LogP contribution in [0.15, 0.2) is 110 Å². The lowest BCUT2D eigenvalue weighted by Crippen LogP contribution is -2.24. The third kappa shape index (κ3) is 3.67. The molecule has 4 aromatic carbocycles. The molecule has 0 aliphatic rings. The molecule has 2 aromatic heterocycles. The maximum Gasteiger partial charge on any atom is 0.243 e. The van der Waals surface area contributed by atoms with Crippen LogP contribution in [0.2, 0.25) is 0 Å². The van der Waals surface area contributed by atoms with Crippen LogP contribution in [-0.4, -0.2) is 9.13 Å². The van der Waals surface area contributed by atoms with Crippen molar-refractivity contribution in [2.45, 2.75) is 13.1 Å². The van der Waals surface area contributed by atoms with Crippen molar-refractivity contribution in [1.29, 1.82) is 0 Å². The highest BCUT2D eigenvalue weighted by atomic mass is 15.1. The Kier molecular flexibility index (Phi) is 4.99. The number of hydrogen-bond acceptors (Lipinski definition) is 0. The summed E-state index contributed by atoms with van der Waals surface area (Å²) in [5.74, 6) is 0. The van der Waals surface area contributed by atoms with Crippen molar-refractivity contribution in [2.24, 2.45) is 14.1 Å². The van der Waals surface area contributed by atoms with Gasteiger partial charge in [0.25, 0.3) is 0 Å². The van der Waals surface area contributed by atoms with Crippen molar-refractivity contribution >= 4 is 21.5 Å². The van der Waals surface area contributed by atoms with Gasteiger partial charge in [0.15, 0.2) is 0 Å². The number of nitrogens with zero attached hydrogens (tertiary/aromatic N) is 4. The molecule has 0 radical (unpaired) electrons. The predicted octanol–water partition coefficient (Wildman–Crippen LogP) is 5.01. The summed E-state index contributed by atoms with van der Waals surface area (Å²) in [5.41, 5.74) is 5.31. The van der Waals surface area contributed by atoms with E-state index >= 15 is 0 Å². The molecule has 2 heterocycles. The van der Waals surface area contributed by atoms with E-state index in [4.69, 9.17) is 0 Å². The van der Waals surface area contributed by atoms with Crippen LogP contribution >= 0.6 is 0 Å². The normalized spacial score (nSPS) is 11.5. The van der Waals surface area contributed by atoms with Crippen LogP contribution < -0.4 is 9.13 Å². The fraction of sp³-hybridized carbons (Fsp3) is 0.133. The Bertz CT molecular complexity index is 1510. The number of fused-ring (bicyclic) bond motifs is 2. The highest BCUT2D eigenvalue weighted by molar-refractivity contribution is 6.07. The Morgan fingerprint density at radius 3 is 1.41 bits per heavy atom. The van der Waals surface area contributed by atoms with Crippen LogP contribution in [0.5, 0.6) is 0 Å². The second-order valence-corrected chi connectivity index (χ2v) is 9.14. The molecule has 0 spiro atoms. The van der Waals surface area contributed by atoms with Crippen molar-refractivity contribution < 1.29 is 9.13 Å². The second kappa shape index (κ2) is 8.31. The monoisotopic (exact) mass is 444 g/mol. The summed E-state index contributed by atoms with van der Waals surface area (Å²) in [7, 11) is 4.13. The Morgan fingerprint density at radius 2 is 1.00 bits per heavy atom. The van der Waals surface area contributed by atoms with Crippen molar-refractivity contribution in [1.82, 2.24) is 9.13 Å². The topological polar surface area (TPSA) is 17.6 Å². The van der Waals surface area contributed by atoms with E-state index in [0.717, 1.165) is 13.1 Å². The highest BCUT2D eigenvalue weighted by Crippen LogP contribution is 2.39. The summed E-state index contributed by atoms with van der Waals surface area (Å²) in [5, 5.41) is 5.13. The van der Waals surface area contributed by atoms with Gasteiger partial charge in [-0.15, -0.1) is 0 Å². The quantitative estimate of drug-likeness (QED) is 0.333. The zero-order valence-electron chi connectivity index (χ0n) is 19.6. The standard InChI is InChI=1S/C30H28N4/c1-31-15-17-33(21-31)19-25-13-11-23-7-3-5-9-27(23)29(25)30-26(20-34-18-16-32(2)22-34)14-12-24-8-4-6-10-28(24)30/h3-18,21-22H,19-20H2,1-2H3/q+2. The lowest BCUT2D eigenvalue weighted by atomic mass is 9.87. The molecular weight excluding hydrogens is 416 g/mol. The first-order valence-electron chi connectivity index (χ1n) is 11.7.